The lowest BCUT2D eigenvalue weighted by molar-refractivity contribution is -0.00867. The summed E-state index contributed by atoms with van der Waals surface area (Å²) < 4.78 is 6.83. The molecule has 1 aliphatic carbocycles. The predicted molar refractivity (Wildman–Crippen MR) is 56.6 cm³/mol. The highest BCUT2D eigenvalue weighted by Crippen LogP contribution is 2.23. The molecule has 0 atom stereocenters. The topological polar surface area (TPSA) is 9.23 Å². The Bertz CT molecular complexity index is 281. The Morgan fingerprint density at radius 2 is 2.23 bits per heavy atom. The highest BCUT2D eigenvalue weighted by Gasteiger charge is 2.17. The van der Waals surface area contributed by atoms with E-state index in [9.17, 15) is 0 Å². The van der Waals surface area contributed by atoms with Gasteiger partial charge in [-0.25, -0.2) is 0 Å². The Hall–Kier alpha value is -0.340. The summed E-state index contributed by atoms with van der Waals surface area (Å²) in [4.78, 5) is 0. The Balaban J connectivity index is 1.86. The van der Waals surface area contributed by atoms with Crippen LogP contribution in [0, 0.1) is 0 Å². The minimum absolute atomic E-state index is 0.527. The molecule has 1 aromatic carbocycles. The summed E-state index contributed by atoms with van der Waals surface area (Å²) in [7, 11) is 0. The first kappa shape index (κ1) is 9.22. The highest BCUT2D eigenvalue weighted by molar-refractivity contribution is 9.10. The monoisotopic (exact) mass is 240 g/mol. The third-order valence-corrected chi connectivity index (χ3v) is 2.92. The molecule has 1 aliphatic rings. The Kier molecular flexibility index (Phi) is 3.01. The highest BCUT2D eigenvalue weighted by atomic mass is 79.9. The molecule has 0 aliphatic heterocycles. The maximum absolute atomic E-state index is 5.70. The first-order valence-corrected chi connectivity index (χ1v) is 5.50. The summed E-state index contributed by atoms with van der Waals surface area (Å²) >= 11 is 3.44. The minimum atomic E-state index is 0.527. The molecule has 2 heteroatoms. The van der Waals surface area contributed by atoms with E-state index in [1.54, 1.807) is 0 Å². The Labute approximate surface area is 87.2 Å². The zero-order valence-electron chi connectivity index (χ0n) is 7.50. The van der Waals surface area contributed by atoms with E-state index in [0.29, 0.717) is 6.10 Å². The van der Waals surface area contributed by atoms with E-state index in [4.69, 9.17) is 4.74 Å². The molecule has 1 nitrogen and oxygen atoms in total. The fourth-order valence-electron chi connectivity index (χ4n) is 1.38. The normalized spacial score (nSPS) is 17.0. The summed E-state index contributed by atoms with van der Waals surface area (Å²) in [6.45, 7) is 0.754. The van der Waals surface area contributed by atoms with Crippen molar-refractivity contribution in [2.24, 2.45) is 0 Å². The number of ether oxygens (including phenoxy) is 1. The van der Waals surface area contributed by atoms with Gasteiger partial charge in [-0.2, -0.15) is 0 Å². The van der Waals surface area contributed by atoms with Gasteiger partial charge in [0.25, 0.3) is 0 Å². The van der Waals surface area contributed by atoms with Crippen LogP contribution >= 0.6 is 15.9 Å². The molecule has 0 unspecified atom stereocenters. The molecule has 0 heterocycles. The van der Waals surface area contributed by atoms with Crippen molar-refractivity contribution in [1.82, 2.24) is 0 Å². The van der Waals surface area contributed by atoms with E-state index >= 15 is 0 Å². The molecule has 0 radical (unpaired) electrons. The number of halogens is 1. The van der Waals surface area contributed by atoms with E-state index in [2.05, 4.69) is 28.1 Å². The first-order valence-electron chi connectivity index (χ1n) is 4.70. The van der Waals surface area contributed by atoms with Crippen LogP contribution in [0.5, 0.6) is 0 Å². The quantitative estimate of drug-likeness (QED) is 0.786. The SMILES string of the molecule is Brc1cccc(COC2CCC2)c1. The summed E-state index contributed by atoms with van der Waals surface area (Å²) in [5.74, 6) is 0. The smallest absolute Gasteiger partial charge is 0.0721 e. The Morgan fingerprint density at radius 3 is 2.85 bits per heavy atom. The number of rotatable bonds is 3. The molecular formula is C11H13BrO. The second-order valence-corrected chi connectivity index (χ2v) is 4.41. The molecule has 70 valence electrons. The van der Waals surface area contributed by atoms with Gasteiger partial charge in [0.05, 0.1) is 12.7 Å². The molecule has 0 N–H and O–H groups in total. The second kappa shape index (κ2) is 4.25. The van der Waals surface area contributed by atoms with Crippen molar-refractivity contribution in [3.8, 4) is 0 Å². The lowest BCUT2D eigenvalue weighted by atomic mass is 9.96. The summed E-state index contributed by atoms with van der Waals surface area (Å²) in [6.07, 6.45) is 4.35. The molecule has 1 aromatic rings. The van der Waals surface area contributed by atoms with Gasteiger partial charge in [0, 0.05) is 4.47 Å². The van der Waals surface area contributed by atoms with Gasteiger partial charge < -0.3 is 4.74 Å². The average molecular weight is 241 g/mol. The lowest BCUT2D eigenvalue weighted by Crippen LogP contribution is -2.21. The second-order valence-electron chi connectivity index (χ2n) is 3.49. The molecule has 13 heavy (non-hydrogen) atoms. The van der Waals surface area contributed by atoms with Crippen LogP contribution in [0.15, 0.2) is 28.7 Å². The van der Waals surface area contributed by atoms with Crippen LogP contribution in [0.1, 0.15) is 24.8 Å². The minimum Gasteiger partial charge on any atom is -0.374 e. The maximum Gasteiger partial charge on any atom is 0.0721 e. The predicted octanol–water partition coefficient (Wildman–Crippen LogP) is 3.52. The third-order valence-electron chi connectivity index (χ3n) is 2.43. The van der Waals surface area contributed by atoms with Crippen LogP contribution in [-0.2, 0) is 11.3 Å². The molecule has 1 fully saturated rings. The first-order chi connectivity index (χ1) is 6.34. The van der Waals surface area contributed by atoms with Gasteiger partial charge >= 0.3 is 0 Å². The van der Waals surface area contributed by atoms with Gasteiger partial charge in [-0.05, 0) is 37.0 Å². The van der Waals surface area contributed by atoms with Crippen LogP contribution in [-0.4, -0.2) is 6.10 Å². The van der Waals surface area contributed by atoms with E-state index in [1.165, 1.54) is 24.8 Å². The van der Waals surface area contributed by atoms with Gasteiger partial charge in [-0.15, -0.1) is 0 Å². The number of hydrogen-bond donors (Lipinski definition) is 0. The molecule has 0 spiro atoms. The molecule has 0 amide bonds. The number of hydrogen-bond acceptors (Lipinski definition) is 1. The molecule has 0 aromatic heterocycles. The molecule has 1 saturated carbocycles. The van der Waals surface area contributed by atoms with E-state index < -0.39 is 0 Å². The van der Waals surface area contributed by atoms with Crippen LogP contribution < -0.4 is 0 Å². The maximum atomic E-state index is 5.70. The summed E-state index contributed by atoms with van der Waals surface area (Å²) in [5.41, 5.74) is 1.25. The van der Waals surface area contributed by atoms with Gasteiger partial charge in [-0.1, -0.05) is 28.1 Å². The van der Waals surface area contributed by atoms with Gasteiger partial charge in [-0.3, -0.25) is 0 Å². The van der Waals surface area contributed by atoms with Crippen LogP contribution in [0.25, 0.3) is 0 Å². The molecule has 0 saturated heterocycles. The molecular weight excluding hydrogens is 228 g/mol. The van der Waals surface area contributed by atoms with Gasteiger partial charge in [0.15, 0.2) is 0 Å². The largest absolute Gasteiger partial charge is 0.374 e. The van der Waals surface area contributed by atoms with Crippen molar-refractivity contribution in [3.05, 3.63) is 34.3 Å². The van der Waals surface area contributed by atoms with Crippen LogP contribution in [0.4, 0.5) is 0 Å². The summed E-state index contributed by atoms with van der Waals surface area (Å²) in [5, 5.41) is 0. The van der Waals surface area contributed by atoms with E-state index in [0.717, 1.165) is 11.1 Å². The zero-order chi connectivity index (χ0) is 9.10. The van der Waals surface area contributed by atoms with Crippen LogP contribution in [0.3, 0.4) is 0 Å². The fraction of sp³-hybridized carbons (Fsp3) is 0.455. The van der Waals surface area contributed by atoms with Crippen molar-refractivity contribution >= 4 is 15.9 Å². The lowest BCUT2D eigenvalue weighted by Gasteiger charge is -2.25. The van der Waals surface area contributed by atoms with Crippen molar-refractivity contribution in [1.29, 1.82) is 0 Å². The van der Waals surface area contributed by atoms with Crippen molar-refractivity contribution in [2.45, 2.75) is 32.0 Å². The average Bonchev–Trinajstić information content (AvgIpc) is 2.01. The van der Waals surface area contributed by atoms with Gasteiger partial charge in [0.1, 0.15) is 0 Å². The fourth-order valence-corrected chi connectivity index (χ4v) is 1.82. The zero-order valence-corrected chi connectivity index (χ0v) is 9.09. The van der Waals surface area contributed by atoms with Crippen LogP contribution in [0.2, 0.25) is 0 Å². The van der Waals surface area contributed by atoms with E-state index in [1.807, 2.05) is 12.1 Å². The third kappa shape index (κ3) is 2.55. The molecule has 0 bridgehead atoms. The van der Waals surface area contributed by atoms with Crippen molar-refractivity contribution < 1.29 is 4.74 Å². The summed E-state index contributed by atoms with van der Waals surface area (Å²) in [6, 6.07) is 8.29. The van der Waals surface area contributed by atoms with Gasteiger partial charge in [0.2, 0.25) is 0 Å². The molecule has 2 rings (SSSR count). The standard InChI is InChI=1S/C11H13BrO/c12-10-4-1-3-9(7-10)8-13-11-5-2-6-11/h1,3-4,7,11H,2,5-6,8H2. The van der Waals surface area contributed by atoms with Crippen molar-refractivity contribution in [3.63, 3.8) is 0 Å². The Morgan fingerprint density at radius 1 is 1.38 bits per heavy atom. The van der Waals surface area contributed by atoms with Crippen molar-refractivity contribution in [2.75, 3.05) is 0 Å². The number of benzene rings is 1. The van der Waals surface area contributed by atoms with E-state index in [-0.39, 0.29) is 0 Å².